The number of hydrogen-bond donors (Lipinski definition) is 1. The van der Waals surface area contributed by atoms with Crippen molar-refractivity contribution < 1.29 is 18.8 Å². The maximum Gasteiger partial charge on any atom is 0.331 e. The number of fused-ring (bicyclic) bond motifs is 1. The Balaban J connectivity index is 1.48. The zero-order valence-electron chi connectivity index (χ0n) is 18.8. The van der Waals surface area contributed by atoms with E-state index in [-0.39, 0.29) is 17.9 Å². The van der Waals surface area contributed by atoms with Crippen LogP contribution in [-0.4, -0.2) is 43.6 Å². The summed E-state index contributed by atoms with van der Waals surface area (Å²) >= 11 is 0. The molecule has 0 saturated carbocycles. The molecule has 0 atom stereocenters. The minimum atomic E-state index is -0.350. The maximum atomic E-state index is 12.7. The lowest BCUT2D eigenvalue weighted by atomic mass is 10.2. The number of carbonyl (C=O) groups is 2. The summed E-state index contributed by atoms with van der Waals surface area (Å²) < 4.78 is 12.6. The SMILES string of the molecule is CC(=O)N(C)Cc1cc(Oc2ccc3c(ccn3C(=O)Nc3cc(C(C)C)on3)c2)ncn1. The zero-order chi connectivity index (χ0) is 23.5. The number of hydrogen-bond acceptors (Lipinski definition) is 7. The molecule has 1 N–H and O–H groups in total. The highest BCUT2D eigenvalue weighted by Crippen LogP contribution is 2.26. The lowest BCUT2D eigenvalue weighted by Crippen LogP contribution is -2.23. The van der Waals surface area contributed by atoms with Crippen LogP contribution in [0.2, 0.25) is 0 Å². The molecule has 4 aromatic rings. The molecule has 33 heavy (non-hydrogen) atoms. The molecule has 4 rings (SSSR count). The van der Waals surface area contributed by atoms with Crippen LogP contribution in [0.25, 0.3) is 10.9 Å². The Labute approximate surface area is 190 Å². The summed E-state index contributed by atoms with van der Waals surface area (Å²) in [5.41, 5.74) is 1.37. The normalized spacial score (nSPS) is 11.1. The average molecular weight is 448 g/mol. The lowest BCUT2D eigenvalue weighted by molar-refractivity contribution is -0.128. The Morgan fingerprint density at radius 1 is 1.18 bits per heavy atom. The van der Waals surface area contributed by atoms with Gasteiger partial charge >= 0.3 is 6.03 Å². The first-order chi connectivity index (χ1) is 15.8. The highest BCUT2D eigenvalue weighted by molar-refractivity contribution is 5.98. The van der Waals surface area contributed by atoms with Crippen LogP contribution in [0.3, 0.4) is 0 Å². The van der Waals surface area contributed by atoms with Crippen molar-refractivity contribution in [2.24, 2.45) is 0 Å². The minimum absolute atomic E-state index is 0.0565. The van der Waals surface area contributed by atoms with E-state index in [0.29, 0.717) is 41.0 Å². The van der Waals surface area contributed by atoms with Crippen molar-refractivity contribution in [1.29, 1.82) is 0 Å². The molecule has 0 spiro atoms. The summed E-state index contributed by atoms with van der Waals surface area (Å²) in [6, 6.07) is 10.2. The van der Waals surface area contributed by atoms with Gasteiger partial charge in [-0.3, -0.25) is 14.7 Å². The number of anilines is 1. The van der Waals surface area contributed by atoms with Crippen molar-refractivity contribution in [3.63, 3.8) is 0 Å². The summed E-state index contributed by atoms with van der Waals surface area (Å²) in [7, 11) is 1.70. The number of ether oxygens (including phenoxy) is 1. The quantitative estimate of drug-likeness (QED) is 0.465. The number of aromatic nitrogens is 4. The first kappa shape index (κ1) is 22.0. The molecule has 0 aliphatic carbocycles. The Morgan fingerprint density at radius 2 is 2.00 bits per heavy atom. The molecule has 0 aliphatic rings. The molecule has 0 radical (unpaired) electrons. The Kier molecular flexibility index (Phi) is 6.07. The summed E-state index contributed by atoms with van der Waals surface area (Å²) in [6.07, 6.45) is 3.07. The molecule has 3 aromatic heterocycles. The monoisotopic (exact) mass is 448 g/mol. The van der Waals surface area contributed by atoms with E-state index < -0.39 is 0 Å². The number of nitrogens with one attached hydrogen (secondary N) is 1. The number of nitrogens with zero attached hydrogens (tertiary/aromatic N) is 5. The number of benzene rings is 1. The lowest BCUT2D eigenvalue weighted by Gasteiger charge is -2.14. The van der Waals surface area contributed by atoms with E-state index >= 15 is 0 Å². The summed E-state index contributed by atoms with van der Waals surface area (Å²) in [6.45, 7) is 5.82. The van der Waals surface area contributed by atoms with Gasteiger partial charge in [0.25, 0.3) is 0 Å². The van der Waals surface area contributed by atoms with Crippen molar-refractivity contribution in [3.8, 4) is 11.6 Å². The third kappa shape index (κ3) is 5.00. The molecule has 170 valence electrons. The molecular weight excluding hydrogens is 424 g/mol. The average Bonchev–Trinajstić information content (AvgIpc) is 3.41. The van der Waals surface area contributed by atoms with Gasteiger partial charge in [-0.05, 0) is 24.3 Å². The predicted molar refractivity (Wildman–Crippen MR) is 121 cm³/mol. The molecule has 0 aliphatic heterocycles. The van der Waals surface area contributed by atoms with E-state index in [4.69, 9.17) is 9.26 Å². The molecule has 0 saturated heterocycles. The van der Waals surface area contributed by atoms with E-state index in [1.165, 1.54) is 17.8 Å². The van der Waals surface area contributed by atoms with E-state index in [2.05, 4.69) is 20.4 Å². The molecule has 0 fully saturated rings. The summed E-state index contributed by atoms with van der Waals surface area (Å²) in [5, 5.41) is 7.44. The van der Waals surface area contributed by atoms with Gasteiger partial charge in [0.15, 0.2) is 5.82 Å². The molecule has 3 heterocycles. The molecule has 10 nitrogen and oxygen atoms in total. The van der Waals surface area contributed by atoms with Gasteiger partial charge < -0.3 is 14.2 Å². The Morgan fingerprint density at radius 3 is 2.73 bits per heavy atom. The van der Waals surface area contributed by atoms with Crippen molar-refractivity contribution in [3.05, 3.63) is 60.4 Å². The van der Waals surface area contributed by atoms with E-state index in [1.807, 2.05) is 26.0 Å². The molecule has 0 unspecified atom stereocenters. The van der Waals surface area contributed by atoms with Crippen LogP contribution < -0.4 is 10.1 Å². The second-order valence-corrected chi connectivity index (χ2v) is 7.93. The van der Waals surface area contributed by atoms with Gasteiger partial charge in [0.05, 0.1) is 17.8 Å². The Bertz CT molecular complexity index is 1310. The third-order valence-corrected chi connectivity index (χ3v) is 5.07. The van der Waals surface area contributed by atoms with Crippen molar-refractivity contribution >= 4 is 28.7 Å². The van der Waals surface area contributed by atoms with Crippen LogP contribution in [-0.2, 0) is 11.3 Å². The van der Waals surface area contributed by atoms with Crippen LogP contribution in [0.4, 0.5) is 10.6 Å². The smallest absolute Gasteiger partial charge is 0.331 e. The Hall–Kier alpha value is -4.21. The molecule has 1 aromatic carbocycles. The highest BCUT2D eigenvalue weighted by atomic mass is 16.5. The number of carbonyl (C=O) groups excluding carboxylic acids is 2. The van der Waals surface area contributed by atoms with E-state index in [0.717, 1.165) is 5.39 Å². The van der Waals surface area contributed by atoms with Gasteiger partial charge in [0, 0.05) is 43.6 Å². The molecule has 10 heteroatoms. The van der Waals surface area contributed by atoms with E-state index in [1.54, 1.807) is 42.4 Å². The topological polar surface area (TPSA) is 115 Å². The molecule has 2 amide bonds. The van der Waals surface area contributed by atoms with Crippen LogP contribution in [0, 0.1) is 0 Å². The maximum absolute atomic E-state index is 12.7. The summed E-state index contributed by atoms with van der Waals surface area (Å²) in [5.74, 6) is 2.10. The van der Waals surface area contributed by atoms with Crippen molar-refractivity contribution in [1.82, 2.24) is 24.6 Å². The molecule has 0 bridgehead atoms. The predicted octanol–water partition coefficient (Wildman–Crippen LogP) is 4.39. The van der Waals surface area contributed by atoms with Crippen molar-refractivity contribution in [2.45, 2.75) is 33.2 Å². The van der Waals surface area contributed by atoms with Gasteiger partial charge in [-0.2, -0.15) is 0 Å². The molecular formula is C23H24N6O4. The first-order valence-corrected chi connectivity index (χ1v) is 10.4. The van der Waals surface area contributed by atoms with Gasteiger partial charge in [-0.1, -0.05) is 19.0 Å². The second-order valence-electron chi connectivity index (χ2n) is 7.93. The summed E-state index contributed by atoms with van der Waals surface area (Å²) in [4.78, 5) is 34.0. The van der Waals surface area contributed by atoms with Gasteiger partial charge in [0.2, 0.25) is 11.8 Å². The first-order valence-electron chi connectivity index (χ1n) is 10.4. The fraction of sp³-hybridized carbons (Fsp3) is 0.261. The fourth-order valence-corrected chi connectivity index (χ4v) is 3.15. The fourth-order valence-electron chi connectivity index (χ4n) is 3.15. The zero-order valence-corrected chi connectivity index (χ0v) is 18.8. The third-order valence-electron chi connectivity index (χ3n) is 5.07. The largest absolute Gasteiger partial charge is 0.439 e. The van der Waals surface area contributed by atoms with E-state index in [9.17, 15) is 9.59 Å². The standard InChI is InChI=1S/C23H24N6O4/c1-14(2)20-11-21(27-33-20)26-23(31)29-8-7-16-9-18(5-6-19(16)29)32-22-10-17(24-13-25-22)12-28(4)15(3)30/h5-11,13-14H,12H2,1-4H3,(H,26,27,31). The minimum Gasteiger partial charge on any atom is -0.439 e. The number of rotatable bonds is 6. The van der Waals surface area contributed by atoms with Gasteiger partial charge in [-0.15, -0.1) is 0 Å². The number of amides is 2. The van der Waals surface area contributed by atoms with Crippen LogP contribution in [0.5, 0.6) is 11.6 Å². The van der Waals surface area contributed by atoms with Gasteiger partial charge in [0.1, 0.15) is 17.8 Å². The van der Waals surface area contributed by atoms with Gasteiger partial charge in [-0.25, -0.2) is 14.8 Å². The highest BCUT2D eigenvalue weighted by Gasteiger charge is 2.14. The van der Waals surface area contributed by atoms with Crippen molar-refractivity contribution in [2.75, 3.05) is 12.4 Å². The van der Waals surface area contributed by atoms with Crippen LogP contribution in [0.15, 0.2) is 53.4 Å². The van der Waals surface area contributed by atoms with Crippen LogP contribution in [0.1, 0.15) is 38.1 Å². The van der Waals surface area contributed by atoms with Crippen LogP contribution >= 0.6 is 0 Å². The second kappa shape index (κ2) is 9.11.